The second-order valence-electron chi connectivity index (χ2n) is 9.97. The Morgan fingerprint density at radius 3 is 2.31 bits per heavy atom. The van der Waals surface area contributed by atoms with Crippen molar-refractivity contribution >= 4 is 23.1 Å². The van der Waals surface area contributed by atoms with Gasteiger partial charge < -0.3 is 19.6 Å². The second kappa shape index (κ2) is 10.1. The first kappa shape index (κ1) is 24.8. The zero-order chi connectivity index (χ0) is 25.3. The highest BCUT2D eigenvalue weighted by atomic mass is 16.5. The number of Topliss-reactive ketones (excluding diaryl/α,β-unsaturated/α-hetero) is 1. The molecule has 0 spiro atoms. The highest BCUT2D eigenvalue weighted by Gasteiger charge is 2.49. The molecule has 1 N–H and O–H groups in total. The normalized spacial score (nSPS) is 20.2. The number of amides is 1. The first-order valence-corrected chi connectivity index (χ1v) is 12.6. The first-order valence-electron chi connectivity index (χ1n) is 12.6. The molecule has 6 heteroatoms. The van der Waals surface area contributed by atoms with Crippen LogP contribution in [0.15, 0.2) is 48.0 Å². The zero-order valence-electron chi connectivity index (χ0n) is 21.4. The molecule has 1 aliphatic heterocycles. The number of rotatable bonds is 7. The number of aliphatic hydroxyl groups is 1. The van der Waals surface area contributed by atoms with E-state index in [4.69, 9.17) is 4.74 Å². The van der Waals surface area contributed by atoms with Gasteiger partial charge in [0.1, 0.15) is 11.5 Å². The third kappa shape index (κ3) is 4.66. The molecule has 1 saturated heterocycles. The van der Waals surface area contributed by atoms with Crippen molar-refractivity contribution in [2.24, 2.45) is 0 Å². The molecule has 2 fully saturated rings. The van der Waals surface area contributed by atoms with E-state index in [1.165, 1.54) is 0 Å². The van der Waals surface area contributed by atoms with Crippen LogP contribution < -0.4 is 9.64 Å². The van der Waals surface area contributed by atoms with Gasteiger partial charge in [-0.2, -0.15) is 0 Å². The summed E-state index contributed by atoms with van der Waals surface area (Å²) >= 11 is 0. The van der Waals surface area contributed by atoms with Gasteiger partial charge in [0.05, 0.1) is 18.2 Å². The van der Waals surface area contributed by atoms with Crippen molar-refractivity contribution in [1.82, 2.24) is 4.90 Å². The van der Waals surface area contributed by atoms with Crippen molar-refractivity contribution in [3.63, 3.8) is 0 Å². The van der Waals surface area contributed by atoms with Crippen molar-refractivity contribution in [3.8, 4) is 5.75 Å². The van der Waals surface area contributed by atoms with Crippen LogP contribution >= 0.6 is 0 Å². The molecule has 1 atom stereocenters. The van der Waals surface area contributed by atoms with Crippen molar-refractivity contribution < 1.29 is 19.4 Å². The number of likely N-dealkylation sites (tertiary alicyclic amines) is 1. The Balaban J connectivity index is 1.86. The van der Waals surface area contributed by atoms with Crippen molar-refractivity contribution in [3.05, 3.63) is 64.7 Å². The number of ether oxygens (including phenoxy) is 1. The first-order chi connectivity index (χ1) is 16.7. The highest BCUT2D eigenvalue weighted by molar-refractivity contribution is 6.46. The maximum Gasteiger partial charge on any atom is 0.295 e. The SMILES string of the molecule is CCOc1ccc(/C(O)=C2/C(=O)C(=O)N(C3CCCC3)C2c2ccc(N(C)C)cc2)cc1C(C)C. The van der Waals surface area contributed by atoms with Crippen molar-refractivity contribution in [2.45, 2.75) is 64.5 Å². The smallest absolute Gasteiger partial charge is 0.295 e. The molecule has 35 heavy (non-hydrogen) atoms. The molecule has 186 valence electrons. The van der Waals surface area contributed by atoms with Crippen LogP contribution in [0.3, 0.4) is 0 Å². The Morgan fingerprint density at radius 1 is 1.09 bits per heavy atom. The molecule has 1 aliphatic carbocycles. The van der Waals surface area contributed by atoms with Crippen molar-refractivity contribution in [1.29, 1.82) is 0 Å². The van der Waals surface area contributed by atoms with E-state index in [-0.39, 0.29) is 23.3 Å². The van der Waals surface area contributed by atoms with E-state index >= 15 is 0 Å². The van der Waals surface area contributed by atoms with Gasteiger partial charge in [-0.05, 0) is 67.1 Å². The minimum absolute atomic E-state index is 0.00169. The lowest BCUT2D eigenvalue weighted by Crippen LogP contribution is -2.37. The van der Waals surface area contributed by atoms with Crippen LogP contribution in [0.5, 0.6) is 5.75 Å². The molecule has 2 aliphatic rings. The molecule has 0 bridgehead atoms. The standard InChI is InChI=1S/C29H36N2O4/c1-6-35-24-16-13-20(17-23(24)18(2)3)27(32)25-26(19-11-14-21(15-12-19)30(4)5)31(29(34)28(25)33)22-9-7-8-10-22/h11-18,22,26,32H,6-10H2,1-5H3/b27-25-. The Bertz CT molecular complexity index is 1130. The number of hydrogen-bond donors (Lipinski definition) is 1. The van der Waals surface area contributed by atoms with E-state index in [0.717, 1.165) is 48.2 Å². The van der Waals surface area contributed by atoms with Gasteiger partial charge in [-0.15, -0.1) is 0 Å². The van der Waals surface area contributed by atoms with E-state index in [1.807, 2.05) is 62.3 Å². The molecular weight excluding hydrogens is 440 g/mol. The third-order valence-electron chi connectivity index (χ3n) is 7.13. The van der Waals surface area contributed by atoms with E-state index in [1.54, 1.807) is 11.0 Å². The second-order valence-corrected chi connectivity index (χ2v) is 9.97. The van der Waals surface area contributed by atoms with E-state index in [9.17, 15) is 14.7 Å². The molecule has 4 rings (SSSR count). The van der Waals surface area contributed by atoms with Crippen LogP contribution in [0.2, 0.25) is 0 Å². The Kier molecular flexibility index (Phi) is 7.20. The summed E-state index contributed by atoms with van der Waals surface area (Å²) in [7, 11) is 3.94. The molecule has 1 saturated carbocycles. The van der Waals surface area contributed by atoms with E-state index in [0.29, 0.717) is 12.2 Å². The van der Waals surface area contributed by atoms with Crippen LogP contribution in [0.1, 0.15) is 75.1 Å². The van der Waals surface area contributed by atoms with Gasteiger partial charge in [-0.3, -0.25) is 9.59 Å². The van der Waals surface area contributed by atoms with Crippen LogP contribution in [0, 0.1) is 0 Å². The van der Waals surface area contributed by atoms with Crippen LogP contribution in [-0.4, -0.2) is 48.4 Å². The van der Waals surface area contributed by atoms with Crippen molar-refractivity contribution in [2.75, 3.05) is 25.6 Å². The molecule has 1 heterocycles. The topological polar surface area (TPSA) is 70.1 Å². The molecule has 1 amide bonds. The predicted octanol–water partition coefficient (Wildman–Crippen LogP) is 5.64. The average molecular weight is 477 g/mol. The lowest BCUT2D eigenvalue weighted by Gasteiger charge is -2.31. The quantitative estimate of drug-likeness (QED) is 0.318. The Hall–Kier alpha value is -3.28. The predicted molar refractivity (Wildman–Crippen MR) is 139 cm³/mol. The van der Waals surface area contributed by atoms with E-state index < -0.39 is 17.7 Å². The largest absolute Gasteiger partial charge is 0.507 e. The summed E-state index contributed by atoms with van der Waals surface area (Å²) in [5.41, 5.74) is 3.50. The van der Waals surface area contributed by atoms with E-state index in [2.05, 4.69) is 13.8 Å². The number of hydrogen-bond acceptors (Lipinski definition) is 5. The molecule has 0 radical (unpaired) electrons. The van der Waals surface area contributed by atoms with Gasteiger partial charge >= 0.3 is 0 Å². The summed E-state index contributed by atoms with van der Waals surface area (Å²) in [6, 6.07) is 12.8. The van der Waals surface area contributed by atoms with Gasteiger partial charge in [0.25, 0.3) is 11.7 Å². The lowest BCUT2D eigenvalue weighted by atomic mass is 9.92. The Labute approximate surface area is 208 Å². The monoisotopic (exact) mass is 476 g/mol. The number of carbonyl (C=O) groups is 2. The maximum absolute atomic E-state index is 13.4. The maximum atomic E-state index is 13.4. The fourth-order valence-electron chi connectivity index (χ4n) is 5.28. The number of ketones is 1. The summed E-state index contributed by atoms with van der Waals surface area (Å²) in [5.74, 6) is -0.331. The fourth-order valence-corrected chi connectivity index (χ4v) is 5.28. The molecule has 2 aromatic rings. The van der Waals surface area contributed by atoms with Gasteiger partial charge in [0, 0.05) is 31.4 Å². The number of nitrogens with zero attached hydrogens (tertiary/aromatic N) is 2. The molecule has 1 unspecified atom stereocenters. The minimum Gasteiger partial charge on any atom is -0.507 e. The van der Waals surface area contributed by atoms with Gasteiger partial charge in [-0.1, -0.05) is 38.8 Å². The molecular formula is C29H36N2O4. The fraction of sp³-hybridized carbons (Fsp3) is 0.448. The number of anilines is 1. The van der Waals surface area contributed by atoms with Crippen LogP contribution in [0.4, 0.5) is 5.69 Å². The number of carbonyl (C=O) groups excluding carboxylic acids is 2. The lowest BCUT2D eigenvalue weighted by molar-refractivity contribution is -0.141. The highest BCUT2D eigenvalue weighted by Crippen LogP contribution is 2.44. The average Bonchev–Trinajstić information content (AvgIpc) is 3.45. The summed E-state index contributed by atoms with van der Waals surface area (Å²) in [6.45, 7) is 6.60. The number of aliphatic hydroxyl groups excluding tert-OH is 1. The van der Waals surface area contributed by atoms with Gasteiger partial charge in [0.2, 0.25) is 0 Å². The molecule has 0 aromatic heterocycles. The Morgan fingerprint density at radius 2 is 1.74 bits per heavy atom. The molecule has 6 nitrogen and oxygen atoms in total. The number of benzene rings is 2. The zero-order valence-corrected chi connectivity index (χ0v) is 21.4. The van der Waals surface area contributed by atoms with Crippen LogP contribution in [0.25, 0.3) is 5.76 Å². The van der Waals surface area contributed by atoms with Crippen LogP contribution in [-0.2, 0) is 9.59 Å². The summed E-state index contributed by atoms with van der Waals surface area (Å²) in [4.78, 5) is 30.4. The van der Waals surface area contributed by atoms with Gasteiger partial charge in [-0.25, -0.2) is 0 Å². The molecule has 2 aromatic carbocycles. The van der Waals surface area contributed by atoms with Gasteiger partial charge in [0.15, 0.2) is 0 Å². The summed E-state index contributed by atoms with van der Waals surface area (Å²) in [5, 5.41) is 11.5. The minimum atomic E-state index is -0.615. The summed E-state index contributed by atoms with van der Waals surface area (Å²) in [6.07, 6.45) is 3.83. The third-order valence-corrected chi connectivity index (χ3v) is 7.13. The summed E-state index contributed by atoms with van der Waals surface area (Å²) < 4.78 is 5.77.